The van der Waals surface area contributed by atoms with E-state index in [2.05, 4.69) is 10.6 Å². The van der Waals surface area contributed by atoms with Crippen LogP contribution in [-0.2, 0) is 9.31 Å². The van der Waals surface area contributed by atoms with E-state index < -0.39 is 24.1 Å². The fraction of sp³-hybridized carbons (Fsp3) is 0.588. The summed E-state index contributed by atoms with van der Waals surface area (Å²) < 4.78 is 26.1. The van der Waals surface area contributed by atoms with Crippen LogP contribution in [-0.4, -0.2) is 43.4 Å². The smallest absolute Gasteiger partial charge is 0.399 e. The van der Waals surface area contributed by atoms with E-state index in [9.17, 15) is 9.18 Å². The molecule has 1 aromatic carbocycles. The van der Waals surface area contributed by atoms with Gasteiger partial charge in [-0.05, 0) is 58.9 Å². The highest BCUT2D eigenvalue weighted by Gasteiger charge is 2.52. The number of hydrogen-bond donors (Lipinski definition) is 2. The molecule has 0 aromatic heterocycles. The second kappa shape index (κ2) is 7.23. The van der Waals surface area contributed by atoms with Crippen LogP contribution in [0, 0.1) is 5.82 Å². The highest BCUT2D eigenvalue weighted by Crippen LogP contribution is 2.36. The topological polar surface area (TPSA) is 59.6 Å². The predicted molar refractivity (Wildman–Crippen MR) is 98.1 cm³/mol. The van der Waals surface area contributed by atoms with Crippen LogP contribution >= 0.6 is 12.4 Å². The molecule has 2 N–H and O–H groups in total. The molecule has 1 amide bonds. The van der Waals surface area contributed by atoms with Gasteiger partial charge in [0.15, 0.2) is 0 Å². The van der Waals surface area contributed by atoms with E-state index in [-0.39, 0.29) is 29.8 Å². The number of carbonyl (C=O) groups is 1. The first kappa shape index (κ1) is 20.2. The van der Waals surface area contributed by atoms with Gasteiger partial charge in [-0.2, -0.15) is 0 Å². The molecule has 8 heteroatoms. The molecule has 0 saturated carbocycles. The summed E-state index contributed by atoms with van der Waals surface area (Å²) in [4.78, 5) is 12.4. The molecule has 0 bridgehead atoms. The van der Waals surface area contributed by atoms with E-state index in [1.807, 2.05) is 27.7 Å². The number of nitrogens with one attached hydrogen (secondary N) is 2. The molecule has 2 aliphatic rings. The van der Waals surface area contributed by atoms with Crippen LogP contribution in [0.15, 0.2) is 18.2 Å². The zero-order chi connectivity index (χ0) is 17.5. The van der Waals surface area contributed by atoms with Crippen LogP contribution in [0.5, 0.6) is 0 Å². The van der Waals surface area contributed by atoms with E-state index >= 15 is 0 Å². The summed E-state index contributed by atoms with van der Waals surface area (Å²) >= 11 is 0. The lowest BCUT2D eigenvalue weighted by Gasteiger charge is -2.32. The standard InChI is InChI=1S/C17H24BFN2O3.ClH/c1-16(2)17(3,4)24-18(23-16)13-9-11(5-6-14(13)19)15(22)21-12-7-8-20-10-12;/h5-6,9,12,20H,7-8,10H2,1-4H3,(H,21,22);1H/t12-;/m1./s1. The molecular weight excluding hydrogens is 345 g/mol. The summed E-state index contributed by atoms with van der Waals surface area (Å²) in [5.41, 5.74) is -0.450. The average Bonchev–Trinajstić information content (AvgIpc) is 3.05. The van der Waals surface area contributed by atoms with Crippen molar-refractivity contribution in [2.75, 3.05) is 13.1 Å². The Kier molecular flexibility index (Phi) is 5.83. The zero-order valence-electron chi connectivity index (χ0n) is 15.0. The third-order valence-electron chi connectivity index (χ3n) is 5.16. The molecule has 3 rings (SSSR count). The minimum absolute atomic E-state index is 0. The molecule has 2 aliphatic heterocycles. The van der Waals surface area contributed by atoms with Crippen molar-refractivity contribution < 1.29 is 18.5 Å². The molecule has 1 aromatic rings. The summed E-state index contributed by atoms with van der Waals surface area (Å²) in [5, 5.41) is 6.16. The van der Waals surface area contributed by atoms with Crippen molar-refractivity contribution in [3.63, 3.8) is 0 Å². The summed E-state index contributed by atoms with van der Waals surface area (Å²) in [5.74, 6) is -0.644. The normalized spacial score (nSPS) is 24.0. The Balaban J connectivity index is 0.00000225. The molecule has 2 fully saturated rings. The molecule has 0 radical (unpaired) electrons. The van der Waals surface area contributed by atoms with E-state index in [1.165, 1.54) is 18.2 Å². The highest BCUT2D eigenvalue weighted by atomic mass is 35.5. The summed E-state index contributed by atoms with van der Waals surface area (Å²) in [6, 6.07) is 4.42. The lowest BCUT2D eigenvalue weighted by molar-refractivity contribution is 0.00578. The van der Waals surface area contributed by atoms with E-state index in [0.717, 1.165) is 19.5 Å². The fourth-order valence-corrected chi connectivity index (χ4v) is 2.88. The maximum absolute atomic E-state index is 14.3. The molecule has 0 unspecified atom stereocenters. The van der Waals surface area contributed by atoms with Gasteiger partial charge in [0.2, 0.25) is 0 Å². The van der Waals surface area contributed by atoms with Crippen LogP contribution in [0.1, 0.15) is 44.5 Å². The lowest BCUT2D eigenvalue weighted by atomic mass is 9.78. The second-order valence-electron chi connectivity index (χ2n) is 7.49. The molecule has 1 atom stereocenters. The number of rotatable bonds is 3. The van der Waals surface area contributed by atoms with Gasteiger partial charge in [-0.3, -0.25) is 4.79 Å². The summed E-state index contributed by atoms with van der Waals surface area (Å²) in [6.07, 6.45) is 0.900. The molecule has 2 heterocycles. The van der Waals surface area contributed by atoms with Gasteiger partial charge in [0.25, 0.3) is 5.91 Å². The number of carbonyl (C=O) groups excluding carboxylic acids is 1. The van der Waals surface area contributed by atoms with Crippen molar-refractivity contribution in [2.24, 2.45) is 0 Å². The average molecular weight is 371 g/mol. The van der Waals surface area contributed by atoms with Crippen molar-refractivity contribution in [1.82, 2.24) is 10.6 Å². The number of hydrogen-bond acceptors (Lipinski definition) is 4. The first-order valence-corrected chi connectivity index (χ1v) is 8.36. The van der Waals surface area contributed by atoms with Crippen molar-refractivity contribution in [2.45, 2.75) is 51.4 Å². The molecular formula is C17H25BClFN2O3. The largest absolute Gasteiger partial charge is 0.497 e. The highest BCUT2D eigenvalue weighted by molar-refractivity contribution is 6.62. The predicted octanol–water partition coefficient (Wildman–Crippen LogP) is 1.64. The first-order chi connectivity index (χ1) is 11.2. The van der Waals surface area contributed by atoms with E-state index in [0.29, 0.717) is 5.56 Å². The Morgan fingerprint density at radius 1 is 1.28 bits per heavy atom. The Morgan fingerprint density at radius 3 is 2.48 bits per heavy atom. The lowest BCUT2D eigenvalue weighted by Crippen LogP contribution is -2.41. The Hall–Kier alpha value is -1.15. The summed E-state index contributed by atoms with van der Waals surface area (Å²) in [6.45, 7) is 9.30. The van der Waals surface area contributed by atoms with E-state index in [1.54, 1.807) is 0 Å². The van der Waals surface area contributed by atoms with Crippen LogP contribution in [0.25, 0.3) is 0 Å². The minimum atomic E-state index is -0.823. The van der Waals surface area contributed by atoms with Crippen molar-refractivity contribution >= 4 is 30.9 Å². The van der Waals surface area contributed by atoms with Crippen LogP contribution in [0.4, 0.5) is 4.39 Å². The fourth-order valence-electron chi connectivity index (χ4n) is 2.88. The summed E-state index contributed by atoms with van der Waals surface area (Å²) in [7, 11) is -0.823. The molecule has 5 nitrogen and oxygen atoms in total. The third-order valence-corrected chi connectivity index (χ3v) is 5.16. The van der Waals surface area contributed by atoms with Gasteiger partial charge < -0.3 is 19.9 Å². The monoisotopic (exact) mass is 370 g/mol. The number of benzene rings is 1. The maximum Gasteiger partial charge on any atom is 0.497 e. The van der Waals surface area contributed by atoms with Crippen molar-refractivity contribution in [3.05, 3.63) is 29.6 Å². The van der Waals surface area contributed by atoms with Crippen LogP contribution in [0.2, 0.25) is 0 Å². The Morgan fingerprint density at radius 2 is 1.92 bits per heavy atom. The van der Waals surface area contributed by atoms with Crippen LogP contribution in [0.3, 0.4) is 0 Å². The quantitative estimate of drug-likeness (QED) is 0.794. The van der Waals surface area contributed by atoms with Gasteiger partial charge in [0.1, 0.15) is 5.82 Å². The van der Waals surface area contributed by atoms with Gasteiger partial charge >= 0.3 is 7.12 Å². The molecule has 0 spiro atoms. The maximum atomic E-state index is 14.3. The van der Waals surface area contributed by atoms with Gasteiger partial charge in [0.05, 0.1) is 11.2 Å². The van der Waals surface area contributed by atoms with Gasteiger partial charge in [0, 0.05) is 23.6 Å². The Labute approximate surface area is 154 Å². The van der Waals surface area contributed by atoms with E-state index in [4.69, 9.17) is 9.31 Å². The molecule has 25 heavy (non-hydrogen) atoms. The molecule has 0 aliphatic carbocycles. The van der Waals surface area contributed by atoms with Crippen molar-refractivity contribution in [3.8, 4) is 0 Å². The van der Waals surface area contributed by atoms with Gasteiger partial charge in [-0.25, -0.2) is 4.39 Å². The second-order valence-corrected chi connectivity index (χ2v) is 7.49. The number of halogens is 2. The van der Waals surface area contributed by atoms with Crippen molar-refractivity contribution in [1.29, 1.82) is 0 Å². The van der Waals surface area contributed by atoms with Crippen LogP contribution < -0.4 is 16.1 Å². The first-order valence-electron chi connectivity index (χ1n) is 8.36. The third kappa shape index (κ3) is 4.00. The van der Waals surface area contributed by atoms with Gasteiger partial charge in [-0.15, -0.1) is 12.4 Å². The van der Waals surface area contributed by atoms with Gasteiger partial charge in [-0.1, -0.05) is 0 Å². The Bertz CT molecular complexity index is 635. The minimum Gasteiger partial charge on any atom is -0.399 e. The SMILES string of the molecule is CC1(C)OB(c2cc(C(=O)N[C@@H]3CCNC3)ccc2F)OC1(C)C.Cl. The zero-order valence-corrected chi connectivity index (χ0v) is 15.8. The number of amides is 1. The molecule has 2 saturated heterocycles. The molecule has 138 valence electrons.